The molecule has 2 amide bonds. The number of anilines is 1. The Bertz CT molecular complexity index is 1420. The van der Waals surface area contributed by atoms with Gasteiger partial charge in [0.05, 0.1) is 24.3 Å². The minimum absolute atomic E-state index is 0.0559. The summed E-state index contributed by atoms with van der Waals surface area (Å²) < 4.78 is 39.7. The minimum atomic E-state index is -4.13. The summed E-state index contributed by atoms with van der Waals surface area (Å²) in [5, 5.41) is 3.08. The quantitative estimate of drug-likeness (QED) is 0.306. The molecular weight excluding hydrogens is 554 g/mol. The molecule has 1 aliphatic rings. The van der Waals surface area contributed by atoms with Crippen molar-refractivity contribution in [1.29, 1.82) is 0 Å². The van der Waals surface area contributed by atoms with E-state index in [1.54, 1.807) is 68.6 Å². The third-order valence-corrected chi connectivity index (χ3v) is 9.21. The van der Waals surface area contributed by atoms with Crippen LogP contribution in [0.4, 0.5) is 5.69 Å². The summed E-state index contributed by atoms with van der Waals surface area (Å²) in [7, 11) is -2.55. The maximum atomic E-state index is 14.1. The number of hydrogen-bond donors (Lipinski definition) is 1. The van der Waals surface area contributed by atoms with Gasteiger partial charge in [0, 0.05) is 12.6 Å². The highest BCUT2D eigenvalue weighted by Crippen LogP contribution is 2.27. The fourth-order valence-corrected chi connectivity index (χ4v) is 6.46. The number of hydrogen-bond acceptors (Lipinski definition) is 6. The van der Waals surface area contributed by atoms with Crippen LogP contribution in [0.2, 0.25) is 0 Å². The Kier molecular flexibility index (Phi) is 10.5. The molecule has 1 saturated carbocycles. The lowest BCUT2D eigenvalue weighted by Gasteiger charge is -2.32. The van der Waals surface area contributed by atoms with Crippen LogP contribution in [-0.4, -0.2) is 57.5 Å². The molecule has 3 aromatic carbocycles. The number of carbonyl (C=O) groups excluding carboxylic acids is 2. The van der Waals surface area contributed by atoms with Crippen LogP contribution in [0.3, 0.4) is 0 Å². The second-order valence-corrected chi connectivity index (χ2v) is 12.1. The molecule has 10 heteroatoms. The van der Waals surface area contributed by atoms with Crippen molar-refractivity contribution in [2.45, 2.75) is 63.1 Å². The molecule has 0 heterocycles. The first-order chi connectivity index (χ1) is 20.2. The normalized spacial score (nSPS) is 14.2. The highest BCUT2D eigenvalue weighted by atomic mass is 32.2. The molecule has 1 fully saturated rings. The summed E-state index contributed by atoms with van der Waals surface area (Å²) >= 11 is 0. The molecule has 0 aliphatic heterocycles. The zero-order valence-corrected chi connectivity index (χ0v) is 25.2. The second-order valence-electron chi connectivity index (χ2n) is 10.3. The Morgan fingerprint density at radius 3 is 2.14 bits per heavy atom. The lowest BCUT2D eigenvalue weighted by Crippen LogP contribution is -2.52. The van der Waals surface area contributed by atoms with Crippen LogP contribution >= 0.6 is 0 Å². The van der Waals surface area contributed by atoms with Crippen molar-refractivity contribution in [3.63, 3.8) is 0 Å². The van der Waals surface area contributed by atoms with Crippen LogP contribution in [0.5, 0.6) is 11.5 Å². The molecule has 0 spiro atoms. The van der Waals surface area contributed by atoms with Crippen molar-refractivity contribution in [2.24, 2.45) is 0 Å². The summed E-state index contributed by atoms with van der Waals surface area (Å²) in [6, 6.07) is 21.0. The summed E-state index contributed by atoms with van der Waals surface area (Å²) in [6.07, 6.45) is 3.93. The number of rotatable bonds is 13. The summed E-state index contributed by atoms with van der Waals surface area (Å²) in [6.45, 7) is 3.62. The van der Waals surface area contributed by atoms with E-state index in [9.17, 15) is 18.0 Å². The highest BCUT2D eigenvalue weighted by molar-refractivity contribution is 7.92. The van der Waals surface area contributed by atoms with Gasteiger partial charge >= 0.3 is 0 Å². The molecule has 1 atom stereocenters. The van der Waals surface area contributed by atoms with Gasteiger partial charge in [-0.1, -0.05) is 43.2 Å². The molecule has 0 saturated heterocycles. The Morgan fingerprint density at radius 1 is 0.929 bits per heavy atom. The first kappa shape index (κ1) is 30.9. The van der Waals surface area contributed by atoms with Gasteiger partial charge < -0.3 is 19.7 Å². The van der Waals surface area contributed by atoms with Crippen LogP contribution in [0.15, 0.2) is 83.8 Å². The van der Waals surface area contributed by atoms with E-state index < -0.39 is 28.5 Å². The molecule has 0 aromatic heterocycles. The van der Waals surface area contributed by atoms with E-state index >= 15 is 0 Å². The molecule has 0 bridgehead atoms. The van der Waals surface area contributed by atoms with Crippen LogP contribution in [0, 0.1) is 0 Å². The van der Waals surface area contributed by atoms with E-state index in [-0.39, 0.29) is 23.4 Å². The average Bonchev–Trinajstić information content (AvgIpc) is 3.52. The Labute approximate surface area is 248 Å². The van der Waals surface area contributed by atoms with Crippen LogP contribution in [-0.2, 0) is 26.2 Å². The monoisotopic (exact) mass is 593 g/mol. The number of ether oxygens (including phenoxy) is 2. The zero-order chi connectivity index (χ0) is 30.1. The van der Waals surface area contributed by atoms with Gasteiger partial charge in [-0.3, -0.25) is 13.9 Å². The fourth-order valence-electron chi connectivity index (χ4n) is 5.03. The van der Waals surface area contributed by atoms with Gasteiger partial charge in [0.15, 0.2) is 0 Å². The molecule has 3 aromatic rings. The standard InChI is InChI=1S/C32H39N3O6S/c1-4-41-29-20-16-27(17-21-29)35(42(38,39)30-12-6-5-7-13-30)23-31(36)34(22-25-14-18-28(40-3)19-15-25)24(2)32(37)33-26-10-8-9-11-26/h5-7,12-21,24,26H,4,8-11,22-23H2,1-3H3,(H,33,37)/t24-/m1/s1. The van der Waals surface area contributed by atoms with Gasteiger partial charge in [-0.2, -0.15) is 0 Å². The number of nitrogens with zero attached hydrogens (tertiary/aromatic N) is 2. The summed E-state index contributed by atoms with van der Waals surface area (Å²) in [5.41, 5.74) is 1.09. The number of benzene rings is 3. The van der Waals surface area contributed by atoms with Crippen molar-refractivity contribution in [3.8, 4) is 11.5 Å². The number of sulfonamides is 1. The predicted molar refractivity (Wildman–Crippen MR) is 162 cm³/mol. The van der Waals surface area contributed by atoms with Gasteiger partial charge in [-0.25, -0.2) is 8.42 Å². The van der Waals surface area contributed by atoms with Crippen LogP contribution in [0.25, 0.3) is 0 Å². The van der Waals surface area contributed by atoms with Crippen molar-refractivity contribution >= 4 is 27.5 Å². The third kappa shape index (κ3) is 7.61. The predicted octanol–water partition coefficient (Wildman–Crippen LogP) is 4.77. The van der Waals surface area contributed by atoms with E-state index in [1.165, 1.54) is 17.0 Å². The van der Waals surface area contributed by atoms with Gasteiger partial charge in [0.25, 0.3) is 10.0 Å². The molecular formula is C32H39N3O6S. The maximum absolute atomic E-state index is 14.1. The number of nitrogens with one attached hydrogen (secondary N) is 1. The molecule has 1 aliphatic carbocycles. The topological polar surface area (TPSA) is 105 Å². The van der Waals surface area contributed by atoms with Gasteiger partial charge in [0.2, 0.25) is 11.8 Å². The van der Waals surface area contributed by atoms with E-state index in [0.29, 0.717) is 23.8 Å². The van der Waals surface area contributed by atoms with Crippen molar-refractivity contribution in [3.05, 3.63) is 84.4 Å². The first-order valence-corrected chi connectivity index (χ1v) is 15.7. The lowest BCUT2D eigenvalue weighted by molar-refractivity contribution is -0.139. The SMILES string of the molecule is CCOc1ccc(N(CC(=O)N(Cc2ccc(OC)cc2)[C@H](C)C(=O)NC2CCCC2)S(=O)(=O)c2ccccc2)cc1. The van der Waals surface area contributed by atoms with E-state index in [0.717, 1.165) is 35.6 Å². The highest BCUT2D eigenvalue weighted by Gasteiger charge is 2.33. The molecule has 0 unspecified atom stereocenters. The lowest BCUT2D eigenvalue weighted by atomic mass is 10.1. The van der Waals surface area contributed by atoms with E-state index in [4.69, 9.17) is 9.47 Å². The molecule has 0 radical (unpaired) electrons. The Hall–Kier alpha value is -4.05. The summed E-state index contributed by atoms with van der Waals surface area (Å²) in [5.74, 6) is 0.484. The smallest absolute Gasteiger partial charge is 0.264 e. The van der Waals surface area contributed by atoms with Gasteiger partial charge in [-0.05, 0) is 80.8 Å². The summed E-state index contributed by atoms with van der Waals surface area (Å²) in [4.78, 5) is 28.9. The van der Waals surface area contributed by atoms with E-state index in [1.807, 2.05) is 19.1 Å². The number of amides is 2. The van der Waals surface area contributed by atoms with Crippen LogP contribution < -0.4 is 19.1 Å². The van der Waals surface area contributed by atoms with Crippen LogP contribution in [0.1, 0.15) is 45.1 Å². The number of carbonyl (C=O) groups is 2. The Balaban J connectivity index is 1.67. The minimum Gasteiger partial charge on any atom is -0.497 e. The van der Waals surface area contributed by atoms with Crippen molar-refractivity contribution in [1.82, 2.24) is 10.2 Å². The van der Waals surface area contributed by atoms with Gasteiger partial charge in [-0.15, -0.1) is 0 Å². The third-order valence-electron chi connectivity index (χ3n) is 7.43. The Morgan fingerprint density at radius 2 is 1.55 bits per heavy atom. The molecule has 9 nitrogen and oxygen atoms in total. The fraction of sp³-hybridized carbons (Fsp3) is 0.375. The number of methoxy groups -OCH3 is 1. The molecule has 4 rings (SSSR count). The van der Waals surface area contributed by atoms with Crippen molar-refractivity contribution < 1.29 is 27.5 Å². The van der Waals surface area contributed by atoms with E-state index in [2.05, 4.69) is 5.32 Å². The first-order valence-electron chi connectivity index (χ1n) is 14.3. The molecule has 1 N–H and O–H groups in total. The van der Waals surface area contributed by atoms with Crippen molar-refractivity contribution in [2.75, 3.05) is 24.6 Å². The average molecular weight is 594 g/mol. The zero-order valence-electron chi connectivity index (χ0n) is 24.4. The molecule has 42 heavy (non-hydrogen) atoms. The molecule has 224 valence electrons. The maximum Gasteiger partial charge on any atom is 0.264 e. The van der Waals surface area contributed by atoms with Gasteiger partial charge in [0.1, 0.15) is 24.1 Å². The second kappa shape index (κ2) is 14.2. The largest absolute Gasteiger partial charge is 0.497 e.